The van der Waals surface area contributed by atoms with Gasteiger partial charge in [0.1, 0.15) is 0 Å². The number of rotatable bonds is 6. The number of oxime groups is 1. The van der Waals surface area contributed by atoms with Gasteiger partial charge in [-0.1, -0.05) is 28.4 Å². The number of carbonyl (C=O) groups excluding carboxylic acids is 1. The molecular formula is C18H22Cl2N2O6. The van der Waals surface area contributed by atoms with Crippen molar-refractivity contribution < 1.29 is 28.9 Å². The Morgan fingerprint density at radius 1 is 1.36 bits per heavy atom. The van der Waals surface area contributed by atoms with Crippen molar-refractivity contribution in [3.63, 3.8) is 0 Å². The summed E-state index contributed by atoms with van der Waals surface area (Å²) in [5, 5.41) is 19.2. The van der Waals surface area contributed by atoms with E-state index in [2.05, 4.69) is 10.5 Å². The fourth-order valence-corrected chi connectivity index (χ4v) is 3.91. The Balaban J connectivity index is 1.73. The number of hydrogen-bond donors (Lipinski definition) is 2. The average molecular weight is 433 g/mol. The molecule has 28 heavy (non-hydrogen) atoms. The smallest absolute Gasteiger partial charge is 0.335 e. The molecule has 154 valence electrons. The molecule has 0 radical (unpaired) electrons. The number of ether oxygens (including phenoxy) is 3. The second kappa shape index (κ2) is 8.14. The molecule has 1 saturated heterocycles. The first-order valence-corrected chi connectivity index (χ1v) is 9.41. The molecule has 8 nitrogen and oxygen atoms in total. The highest BCUT2D eigenvalue weighted by atomic mass is 35.5. The summed E-state index contributed by atoms with van der Waals surface area (Å²) in [7, 11) is 2.72. The summed E-state index contributed by atoms with van der Waals surface area (Å²) in [5.74, 6) is -1.94. The van der Waals surface area contributed by atoms with E-state index in [0.29, 0.717) is 27.7 Å². The minimum atomic E-state index is -1.64. The van der Waals surface area contributed by atoms with Crippen LogP contribution in [0.1, 0.15) is 25.3 Å². The number of carbonyl (C=O) groups is 1. The lowest BCUT2D eigenvalue weighted by molar-refractivity contribution is -0.306. The van der Waals surface area contributed by atoms with Crippen LogP contribution in [0.15, 0.2) is 23.4 Å². The average Bonchev–Trinajstić information content (AvgIpc) is 3.28. The van der Waals surface area contributed by atoms with Crippen molar-refractivity contribution in [3.05, 3.63) is 33.8 Å². The minimum absolute atomic E-state index is 0.147. The van der Waals surface area contributed by atoms with E-state index in [4.69, 9.17) is 42.3 Å². The van der Waals surface area contributed by atoms with E-state index >= 15 is 0 Å². The SMILES string of the molecule is COC(=O)[C@H]1C[C@@H](NC(C)(O)C2(OC)CC(c3cc(Cl)cc(Cl)c3)=NO2)CO1. The van der Waals surface area contributed by atoms with Gasteiger partial charge in [0.2, 0.25) is 0 Å². The lowest BCUT2D eigenvalue weighted by Gasteiger charge is -2.40. The Morgan fingerprint density at radius 2 is 2.04 bits per heavy atom. The van der Waals surface area contributed by atoms with Gasteiger partial charge in [0, 0.05) is 35.2 Å². The normalized spacial score (nSPS) is 29.1. The third-order valence-corrected chi connectivity index (χ3v) is 5.35. The second-order valence-corrected chi connectivity index (χ2v) is 7.79. The monoisotopic (exact) mass is 432 g/mol. The maximum Gasteiger partial charge on any atom is 0.335 e. The zero-order valence-electron chi connectivity index (χ0n) is 15.7. The van der Waals surface area contributed by atoms with E-state index in [1.807, 2.05) is 0 Å². The number of benzene rings is 1. The Morgan fingerprint density at radius 3 is 2.64 bits per heavy atom. The van der Waals surface area contributed by atoms with Gasteiger partial charge >= 0.3 is 5.97 Å². The van der Waals surface area contributed by atoms with Gasteiger partial charge in [-0.25, -0.2) is 4.79 Å². The van der Waals surface area contributed by atoms with E-state index in [0.717, 1.165) is 0 Å². The molecule has 4 atom stereocenters. The molecule has 2 N–H and O–H groups in total. The summed E-state index contributed by atoms with van der Waals surface area (Å²) >= 11 is 12.1. The highest BCUT2D eigenvalue weighted by Crippen LogP contribution is 2.37. The fraction of sp³-hybridized carbons (Fsp3) is 0.556. The summed E-state index contributed by atoms with van der Waals surface area (Å²) in [6.45, 7) is 1.75. The van der Waals surface area contributed by atoms with Crippen molar-refractivity contribution in [2.75, 3.05) is 20.8 Å². The topological polar surface area (TPSA) is 98.6 Å². The van der Waals surface area contributed by atoms with Gasteiger partial charge in [0.05, 0.1) is 25.8 Å². The van der Waals surface area contributed by atoms with Gasteiger partial charge in [-0.15, -0.1) is 0 Å². The molecule has 3 rings (SSSR count). The molecule has 2 aliphatic heterocycles. The van der Waals surface area contributed by atoms with Crippen LogP contribution in [0.5, 0.6) is 0 Å². The summed E-state index contributed by atoms with van der Waals surface area (Å²) in [6, 6.07) is 4.71. The molecule has 0 saturated carbocycles. The molecule has 1 aromatic rings. The molecule has 1 aromatic carbocycles. The molecule has 0 spiro atoms. The van der Waals surface area contributed by atoms with Crippen LogP contribution in [0, 0.1) is 0 Å². The number of aliphatic hydroxyl groups is 1. The van der Waals surface area contributed by atoms with Crippen LogP contribution < -0.4 is 5.32 Å². The van der Waals surface area contributed by atoms with Gasteiger partial charge in [0.25, 0.3) is 5.79 Å². The first-order valence-electron chi connectivity index (χ1n) is 8.66. The number of nitrogens with one attached hydrogen (secondary N) is 1. The quantitative estimate of drug-likeness (QED) is 0.524. The maximum atomic E-state index is 11.6. The number of esters is 1. The van der Waals surface area contributed by atoms with Gasteiger partial charge in [-0.3, -0.25) is 5.32 Å². The van der Waals surface area contributed by atoms with Crippen LogP contribution in [0.3, 0.4) is 0 Å². The summed E-state index contributed by atoms with van der Waals surface area (Å²) in [4.78, 5) is 17.2. The summed E-state index contributed by atoms with van der Waals surface area (Å²) < 4.78 is 15.6. The molecule has 0 aromatic heterocycles. The lowest BCUT2D eigenvalue weighted by atomic mass is 9.94. The first-order chi connectivity index (χ1) is 13.2. The third-order valence-electron chi connectivity index (χ3n) is 4.92. The predicted molar refractivity (Wildman–Crippen MR) is 102 cm³/mol. The van der Waals surface area contributed by atoms with Crippen LogP contribution in [-0.4, -0.2) is 61.3 Å². The minimum Gasteiger partial charge on any atom is -0.467 e. The van der Waals surface area contributed by atoms with E-state index in [1.54, 1.807) is 18.2 Å². The van der Waals surface area contributed by atoms with E-state index in [1.165, 1.54) is 21.1 Å². The summed E-state index contributed by atoms with van der Waals surface area (Å²) in [6.07, 6.45) is -0.185. The number of nitrogens with zero attached hydrogens (tertiary/aromatic N) is 1. The van der Waals surface area contributed by atoms with Gasteiger partial charge in [0.15, 0.2) is 11.8 Å². The van der Waals surface area contributed by atoms with E-state index in [9.17, 15) is 9.90 Å². The fourth-order valence-electron chi connectivity index (χ4n) is 3.39. The van der Waals surface area contributed by atoms with Crippen molar-refractivity contribution in [1.29, 1.82) is 0 Å². The van der Waals surface area contributed by atoms with Gasteiger partial charge in [-0.2, -0.15) is 0 Å². The molecule has 10 heteroatoms. The highest BCUT2D eigenvalue weighted by Gasteiger charge is 2.56. The molecule has 0 bridgehead atoms. The van der Waals surface area contributed by atoms with E-state index < -0.39 is 23.6 Å². The van der Waals surface area contributed by atoms with Crippen molar-refractivity contribution >= 4 is 34.9 Å². The Hall–Kier alpha value is -1.42. The largest absolute Gasteiger partial charge is 0.467 e. The molecule has 1 fully saturated rings. The molecule has 0 aliphatic carbocycles. The number of halogens is 2. The van der Waals surface area contributed by atoms with Crippen LogP contribution >= 0.6 is 23.2 Å². The lowest BCUT2D eigenvalue weighted by Crippen LogP contribution is -2.64. The van der Waals surface area contributed by atoms with Crippen molar-refractivity contribution in [1.82, 2.24) is 5.32 Å². The van der Waals surface area contributed by atoms with Crippen LogP contribution in [0.25, 0.3) is 0 Å². The van der Waals surface area contributed by atoms with Crippen molar-refractivity contribution in [2.45, 2.75) is 43.4 Å². The second-order valence-electron chi connectivity index (χ2n) is 6.92. The Bertz CT molecular complexity index is 767. The standard InChI is InChI=1S/C18H22Cl2N2O6/c1-17(24,21-13-7-15(27-9-13)16(23)25-2)18(26-3)8-14(22-28-18)10-4-11(19)6-12(20)5-10/h4-6,13,15,21,24H,7-9H2,1-3H3/t13-,15-,17?,18?/m1/s1. The highest BCUT2D eigenvalue weighted by molar-refractivity contribution is 6.35. The van der Waals surface area contributed by atoms with E-state index in [-0.39, 0.29) is 19.1 Å². The molecule has 2 heterocycles. The molecular weight excluding hydrogens is 411 g/mol. The van der Waals surface area contributed by atoms with Crippen molar-refractivity contribution in [2.24, 2.45) is 5.16 Å². The van der Waals surface area contributed by atoms with Crippen LogP contribution in [0.2, 0.25) is 10.0 Å². The number of methoxy groups -OCH3 is 2. The molecule has 0 amide bonds. The van der Waals surface area contributed by atoms with Gasteiger partial charge < -0.3 is 24.2 Å². The Kier molecular flexibility index (Phi) is 6.19. The first kappa shape index (κ1) is 21.3. The zero-order chi connectivity index (χ0) is 20.5. The van der Waals surface area contributed by atoms with Crippen LogP contribution in [0.4, 0.5) is 0 Å². The maximum absolute atomic E-state index is 11.6. The zero-order valence-corrected chi connectivity index (χ0v) is 17.2. The third kappa shape index (κ3) is 4.12. The predicted octanol–water partition coefficient (Wildman–Crippen LogP) is 2.09. The van der Waals surface area contributed by atoms with Crippen LogP contribution in [-0.2, 0) is 23.8 Å². The van der Waals surface area contributed by atoms with Gasteiger partial charge in [-0.05, 0) is 25.1 Å². The number of hydrogen-bond acceptors (Lipinski definition) is 8. The Labute approximate surface area is 172 Å². The van der Waals surface area contributed by atoms with Crippen molar-refractivity contribution in [3.8, 4) is 0 Å². The summed E-state index contributed by atoms with van der Waals surface area (Å²) in [5.41, 5.74) is -0.445. The molecule has 2 unspecified atom stereocenters. The molecule has 2 aliphatic rings.